The van der Waals surface area contributed by atoms with E-state index in [1.807, 2.05) is 11.8 Å². The Morgan fingerprint density at radius 3 is 2.15 bits per heavy atom. The van der Waals surface area contributed by atoms with Crippen molar-refractivity contribution in [1.29, 1.82) is 0 Å². The molecule has 0 bridgehead atoms. The maximum Gasteiger partial charge on any atom is 0.320 e. The summed E-state index contributed by atoms with van der Waals surface area (Å²) in [6.07, 6.45) is 0.564. The van der Waals surface area contributed by atoms with Crippen LogP contribution in [0.15, 0.2) is 0 Å². The standard InChI is InChI=1S/C14H25N3O3/c1-10(2)15-6-8-16(9-7-15)14(20)17-5-4-12(11(17)3)13(18)19/h10-12H,4-9H2,1-3H3,(H,18,19). The van der Waals surface area contributed by atoms with E-state index in [1.54, 1.807) is 4.90 Å². The zero-order valence-corrected chi connectivity index (χ0v) is 12.6. The molecule has 2 atom stereocenters. The maximum atomic E-state index is 12.5. The summed E-state index contributed by atoms with van der Waals surface area (Å²) < 4.78 is 0. The lowest BCUT2D eigenvalue weighted by Crippen LogP contribution is -2.55. The molecule has 2 fully saturated rings. The molecule has 0 aromatic heterocycles. The number of carboxylic acids is 1. The molecule has 0 radical (unpaired) electrons. The quantitative estimate of drug-likeness (QED) is 0.819. The molecule has 20 heavy (non-hydrogen) atoms. The average Bonchev–Trinajstić information content (AvgIpc) is 2.80. The monoisotopic (exact) mass is 283 g/mol. The van der Waals surface area contributed by atoms with Crippen molar-refractivity contribution < 1.29 is 14.7 Å². The number of likely N-dealkylation sites (tertiary alicyclic amines) is 1. The first kappa shape index (κ1) is 15.1. The zero-order chi connectivity index (χ0) is 14.9. The van der Waals surface area contributed by atoms with Crippen LogP contribution in [0.3, 0.4) is 0 Å². The van der Waals surface area contributed by atoms with Crippen LogP contribution < -0.4 is 0 Å². The molecule has 0 saturated carbocycles. The minimum absolute atomic E-state index is 0.00431. The molecule has 2 unspecified atom stereocenters. The highest BCUT2D eigenvalue weighted by atomic mass is 16.4. The fourth-order valence-electron chi connectivity index (χ4n) is 3.15. The van der Waals surface area contributed by atoms with Crippen LogP contribution in [-0.2, 0) is 4.79 Å². The molecule has 2 rings (SSSR count). The first-order chi connectivity index (χ1) is 9.41. The molecule has 2 saturated heterocycles. The van der Waals surface area contributed by atoms with Crippen molar-refractivity contribution >= 4 is 12.0 Å². The van der Waals surface area contributed by atoms with Crippen molar-refractivity contribution in [2.75, 3.05) is 32.7 Å². The fraction of sp³-hybridized carbons (Fsp3) is 0.857. The Balaban J connectivity index is 1.91. The minimum Gasteiger partial charge on any atom is -0.481 e. The second-order valence-electron chi connectivity index (χ2n) is 6.07. The average molecular weight is 283 g/mol. The van der Waals surface area contributed by atoms with Gasteiger partial charge in [0.2, 0.25) is 0 Å². The van der Waals surface area contributed by atoms with Crippen LogP contribution in [0.4, 0.5) is 4.79 Å². The Bertz CT molecular complexity index is 378. The molecule has 1 N–H and O–H groups in total. The van der Waals surface area contributed by atoms with Gasteiger partial charge in [-0.3, -0.25) is 9.69 Å². The summed E-state index contributed by atoms with van der Waals surface area (Å²) in [6, 6.07) is 0.308. The van der Waals surface area contributed by atoms with E-state index in [0.717, 1.165) is 26.2 Å². The molecule has 2 aliphatic rings. The lowest BCUT2D eigenvalue weighted by molar-refractivity contribution is -0.142. The molecule has 6 heteroatoms. The van der Waals surface area contributed by atoms with E-state index in [1.165, 1.54) is 0 Å². The van der Waals surface area contributed by atoms with Gasteiger partial charge >= 0.3 is 12.0 Å². The second kappa shape index (κ2) is 5.99. The zero-order valence-electron chi connectivity index (χ0n) is 12.6. The maximum absolute atomic E-state index is 12.5. The number of hydrogen-bond donors (Lipinski definition) is 1. The summed E-state index contributed by atoms with van der Waals surface area (Å²) >= 11 is 0. The van der Waals surface area contributed by atoms with Crippen LogP contribution in [0.5, 0.6) is 0 Å². The number of amides is 2. The van der Waals surface area contributed by atoms with Gasteiger partial charge in [0.05, 0.1) is 5.92 Å². The van der Waals surface area contributed by atoms with Gasteiger partial charge in [0.25, 0.3) is 0 Å². The fourth-order valence-corrected chi connectivity index (χ4v) is 3.15. The first-order valence-corrected chi connectivity index (χ1v) is 7.44. The van der Waals surface area contributed by atoms with E-state index in [2.05, 4.69) is 18.7 Å². The van der Waals surface area contributed by atoms with Crippen LogP contribution in [-0.4, -0.2) is 76.6 Å². The summed E-state index contributed by atoms with van der Waals surface area (Å²) in [4.78, 5) is 29.6. The van der Waals surface area contributed by atoms with E-state index in [4.69, 9.17) is 5.11 Å². The van der Waals surface area contributed by atoms with Crippen molar-refractivity contribution in [1.82, 2.24) is 14.7 Å². The van der Waals surface area contributed by atoms with Crippen LogP contribution in [0.1, 0.15) is 27.2 Å². The summed E-state index contributed by atoms with van der Waals surface area (Å²) in [7, 11) is 0. The van der Waals surface area contributed by atoms with E-state index in [0.29, 0.717) is 19.0 Å². The van der Waals surface area contributed by atoms with Gasteiger partial charge in [-0.2, -0.15) is 0 Å². The molecule has 2 amide bonds. The Hall–Kier alpha value is -1.30. The Labute approximate surface area is 120 Å². The largest absolute Gasteiger partial charge is 0.481 e. The molecule has 114 valence electrons. The van der Waals surface area contributed by atoms with Gasteiger partial charge < -0.3 is 14.9 Å². The highest BCUT2D eigenvalue weighted by molar-refractivity contribution is 5.78. The molecular weight excluding hydrogens is 258 g/mol. The molecule has 2 heterocycles. The van der Waals surface area contributed by atoms with Crippen molar-refractivity contribution in [2.24, 2.45) is 5.92 Å². The van der Waals surface area contributed by atoms with Gasteiger partial charge in [-0.15, -0.1) is 0 Å². The third-order valence-electron chi connectivity index (χ3n) is 4.63. The SMILES string of the molecule is CC(C)N1CCN(C(=O)N2CCC(C(=O)O)C2C)CC1. The number of rotatable bonds is 2. The predicted octanol–water partition coefficient (Wildman–Crippen LogP) is 0.927. The van der Waals surface area contributed by atoms with Crippen LogP contribution in [0, 0.1) is 5.92 Å². The van der Waals surface area contributed by atoms with Crippen LogP contribution in [0.2, 0.25) is 0 Å². The molecule has 0 aromatic carbocycles. The van der Waals surface area contributed by atoms with Gasteiger partial charge in [0.15, 0.2) is 0 Å². The van der Waals surface area contributed by atoms with Crippen LogP contribution in [0.25, 0.3) is 0 Å². The predicted molar refractivity (Wildman–Crippen MR) is 75.6 cm³/mol. The van der Waals surface area contributed by atoms with E-state index in [9.17, 15) is 9.59 Å². The summed E-state index contributed by atoms with van der Waals surface area (Å²) in [6.45, 7) is 9.99. The Morgan fingerprint density at radius 1 is 1.10 bits per heavy atom. The Kier molecular flexibility index (Phi) is 4.52. The molecular formula is C14H25N3O3. The Morgan fingerprint density at radius 2 is 1.70 bits per heavy atom. The summed E-state index contributed by atoms with van der Waals surface area (Å²) in [5.41, 5.74) is 0. The van der Waals surface area contributed by atoms with Crippen molar-refractivity contribution in [3.05, 3.63) is 0 Å². The van der Waals surface area contributed by atoms with Crippen molar-refractivity contribution in [2.45, 2.75) is 39.3 Å². The van der Waals surface area contributed by atoms with E-state index in [-0.39, 0.29) is 12.1 Å². The molecule has 0 aliphatic carbocycles. The van der Waals surface area contributed by atoms with E-state index >= 15 is 0 Å². The van der Waals surface area contributed by atoms with Crippen molar-refractivity contribution in [3.63, 3.8) is 0 Å². The summed E-state index contributed by atoms with van der Waals surface area (Å²) in [5.74, 6) is -1.21. The van der Waals surface area contributed by atoms with Crippen molar-refractivity contribution in [3.8, 4) is 0 Å². The molecule has 2 aliphatic heterocycles. The lowest BCUT2D eigenvalue weighted by atomic mass is 10.0. The number of aliphatic carboxylic acids is 1. The van der Waals surface area contributed by atoms with Crippen LogP contribution >= 0.6 is 0 Å². The lowest BCUT2D eigenvalue weighted by Gasteiger charge is -2.39. The molecule has 0 spiro atoms. The number of nitrogens with zero attached hydrogens (tertiary/aromatic N) is 3. The van der Waals surface area contributed by atoms with Gasteiger partial charge in [-0.1, -0.05) is 0 Å². The van der Waals surface area contributed by atoms with Gasteiger partial charge in [0, 0.05) is 44.8 Å². The smallest absolute Gasteiger partial charge is 0.320 e. The van der Waals surface area contributed by atoms with Gasteiger partial charge in [-0.05, 0) is 27.2 Å². The number of carboxylic acid groups (broad SMARTS) is 1. The highest BCUT2D eigenvalue weighted by Crippen LogP contribution is 2.25. The number of piperazine rings is 1. The number of carbonyl (C=O) groups excluding carboxylic acids is 1. The number of carbonyl (C=O) groups is 2. The topological polar surface area (TPSA) is 64.1 Å². The number of urea groups is 1. The third kappa shape index (κ3) is 2.90. The number of hydrogen-bond acceptors (Lipinski definition) is 3. The van der Waals surface area contributed by atoms with Gasteiger partial charge in [0.1, 0.15) is 0 Å². The summed E-state index contributed by atoms with van der Waals surface area (Å²) in [5, 5.41) is 9.13. The first-order valence-electron chi connectivity index (χ1n) is 7.44. The van der Waals surface area contributed by atoms with E-state index < -0.39 is 11.9 Å². The minimum atomic E-state index is -0.794. The normalized spacial score (nSPS) is 28.2. The third-order valence-corrected chi connectivity index (χ3v) is 4.63. The molecule has 6 nitrogen and oxygen atoms in total. The highest BCUT2D eigenvalue weighted by Gasteiger charge is 2.40. The second-order valence-corrected chi connectivity index (χ2v) is 6.07. The van der Waals surface area contributed by atoms with Gasteiger partial charge in [-0.25, -0.2) is 4.79 Å². The molecule has 0 aromatic rings.